The topological polar surface area (TPSA) is 104 Å². The number of anilines is 1. The van der Waals surface area contributed by atoms with Crippen LogP contribution in [0.15, 0.2) is 47.4 Å². The second kappa shape index (κ2) is 12.6. The minimum atomic E-state index is -4.21. The van der Waals surface area contributed by atoms with Crippen molar-refractivity contribution < 1.29 is 27.5 Å². The summed E-state index contributed by atoms with van der Waals surface area (Å²) in [7, 11) is -4.21. The first kappa shape index (κ1) is 28.9. The van der Waals surface area contributed by atoms with Crippen LogP contribution in [0.5, 0.6) is 0 Å². The van der Waals surface area contributed by atoms with Crippen LogP contribution >= 0.6 is 23.2 Å². The molecule has 11 heteroatoms. The Morgan fingerprint density at radius 3 is 2.23 bits per heavy atom. The molecule has 0 aliphatic heterocycles. The Morgan fingerprint density at radius 1 is 1.06 bits per heavy atom. The molecule has 0 radical (unpaired) electrons. The standard InChI is InChI=1S/C24H29Cl2FN2O5S/c1-15(2)13-21(24(31)32)28-23(30)6-4-5-16(3)29(22-14-18(26)9-12-20(22)27)35(33,34)19-10-7-17(25)8-11-19/h7-12,14-16,21H,4-6,13H2,1-3H3,(H,28,30)(H,31,32)/t16?,21-/m0/s1. The van der Waals surface area contributed by atoms with Gasteiger partial charge in [0.1, 0.15) is 11.9 Å². The normalized spacial score (nSPS) is 13.3. The predicted octanol–water partition coefficient (Wildman–Crippen LogP) is 5.50. The van der Waals surface area contributed by atoms with Crippen LogP contribution in [-0.2, 0) is 19.6 Å². The van der Waals surface area contributed by atoms with E-state index in [1.807, 2.05) is 13.8 Å². The highest BCUT2D eigenvalue weighted by Crippen LogP contribution is 2.32. The number of hydrogen-bond acceptors (Lipinski definition) is 4. The molecular formula is C24H29Cl2FN2O5S. The first-order chi connectivity index (χ1) is 16.3. The molecular weight excluding hydrogens is 518 g/mol. The van der Waals surface area contributed by atoms with E-state index in [2.05, 4.69) is 5.32 Å². The molecule has 0 saturated heterocycles. The largest absolute Gasteiger partial charge is 0.480 e. The highest BCUT2D eigenvalue weighted by atomic mass is 35.5. The second-order valence-electron chi connectivity index (χ2n) is 8.68. The SMILES string of the molecule is CC(C)C[C@H](NC(=O)CCCC(C)N(c1cc(Cl)ccc1F)S(=O)(=O)c1ccc(Cl)cc1)C(=O)O. The van der Waals surface area contributed by atoms with Gasteiger partial charge >= 0.3 is 5.97 Å². The van der Waals surface area contributed by atoms with Gasteiger partial charge in [0, 0.05) is 22.5 Å². The molecule has 0 aliphatic carbocycles. The van der Waals surface area contributed by atoms with Gasteiger partial charge in [-0.05, 0) is 74.6 Å². The zero-order valence-corrected chi connectivity index (χ0v) is 22.0. The number of aliphatic carboxylic acids is 1. The fourth-order valence-corrected chi connectivity index (χ4v) is 5.59. The summed E-state index contributed by atoms with van der Waals surface area (Å²) in [6.07, 6.45) is 0.724. The number of carbonyl (C=O) groups is 2. The lowest BCUT2D eigenvalue weighted by molar-refractivity contribution is -0.142. The van der Waals surface area contributed by atoms with Gasteiger partial charge in [-0.2, -0.15) is 0 Å². The minimum Gasteiger partial charge on any atom is -0.480 e. The summed E-state index contributed by atoms with van der Waals surface area (Å²) in [6, 6.07) is 7.39. The molecule has 192 valence electrons. The van der Waals surface area contributed by atoms with Crippen LogP contribution in [0.2, 0.25) is 10.0 Å². The Kier molecular flexibility index (Phi) is 10.4. The molecule has 1 unspecified atom stereocenters. The molecule has 0 spiro atoms. The van der Waals surface area contributed by atoms with Crippen LogP contribution in [0.4, 0.5) is 10.1 Å². The number of carboxylic acid groups (broad SMARTS) is 1. The molecule has 2 atom stereocenters. The third kappa shape index (κ3) is 8.08. The zero-order chi connectivity index (χ0) is 26.3. The van der Waals surface area contributed by atoms with Crippen LogP contribution in [0.3, 0.4) is 0 Å². The number of rotatable bonds is 12. The highest BCUT2D eigenvalue weighted by Gasteiger charge is 2.32. The van der Waals surface area contributed by atoms with Gasteiger partial charge in [0.05, 0.1) is 10.6 Å². The number of nitrogens with one attached hydrogen (secondary N) is 1. The lowest BCUT2D eigenvalue weighted by atomic mass is 10.0. The van der Waals surface area contributed by atoms with E-state index in [9.17, 15) is 27.5 Å². The maximum atomic E-state index is 14.8. The first-order valence-electron chi connectivity index (χ1n) is 11.1. The molecule has 0 bridgehead atoms. The monoisotopic (exact) mass is 546 g/mol. The van der Waals surface area contributed by atoms with Gasteiger partial charge in [0.15, 0.2) is 0 Å². The van der Waals surface area contributed by atoms with Gasteiger partial charge in [-0.3, -0.25) is 9.10 Å². The molecule has 7 nitrogen and oxygen atoms in total. The van der Waals surface area contributed by atoms with Crippen LogP contribution < -0.4 is 9.62 Å². The Hall–Kier alpha value is -2.36. The van der Waals surface area contributed by atoms with E-state index in [4.69, 9.17) is 23.2 Å². The van der Waals surface area contributed by atoms with Gasteiger partial charge in [0.2, 0.25) is 5.91 Å². The van der Waals surface area contributed by atoms with E-state index in [0.29, 0.717) is 11.4 Å². The molecule has 0 fully saturated rings. The summed E-state index contributed by atoms with van der Waals surface area (Å²) >= 11 is 11.9. The quantitative estimate of drug-likeness (QED) is 0.365. The van der Waals surface area contributed by atoms with E-state index in [0.717, 1.165) is 10.4 Å². The van der Waals surface area contributed by atoms with Crippen molar-refractivity contribution >= 4 is 50.8 Å². The average Bonchev–Trinajstić information content (AvgIpc) is 2.75. The molecule has 2 N–H and O–H groups in total. The van der Waals surface area contributed by atoms with E-state index in [-0.39, 0.29) is 40.8 Å². The first-order valence-corrected chi connectivity index (χ1v) is 13.3. The molecule has 2 aromatic rings. The molecule has 0 aliphatic rings. The predicted molar refractivity (Wildman–Crippen MR) is 135 cm³/mol. The number of carbonyl (C=O) groups excluding carboxylic acids is 1. The van der Waals surface area contributed by atoms with Crippen molar-refractivity contribution in [1.29, 1.82) is 0 Å². The van der Waals surface area contributed by atoms with Gasteiger partial charge in [-0.1, -0.05) is 37.0 Å². The third-order valence-electron chi connectivity index (χ3n) is 5.28. The Bertz CT molecular complexity index is 1140. The van der Waals surface area contributed by atoms with E-state index < -0.39 is 39.8 Å². The smallest absolute Gasteiger partial charge is 0.326 e. The molecule has 2 aromatic carbocycles. The molecule has 35 heavy (non-hydrogen) atoms. The van der Waals surface area contributed by atoms with Crippen molar-refractivity contribution in [2.75, 3.05) is 4.31 Å². The lowest BCUT2D eigenvalue weighted by Crippen LogP contribution is -2.42. The summed E-state index contributed by atoms with van der Waals surface area (Å²) in [5.41, 5.74) is -0.215. The number of sulfonamides is 1. The molecule has 0 saturated carbocycles. The maximum absolute atomic E-state index is 14.8. The lowest BCUT2D eigenvalue weighted by Gasteiger charge is -2.31. The fraction of sp³-hybridized carbons (Fsp3) is 0.417. The van der Waals surface area contributed by atoms with Crippen LogP contribution in [0.25, 0.3) is 0 Å². The Morgan fingerprint density at radius 2 is 1.66 bits per heavy atom. The van der Waals surface area contributed by atoms with Gasteiger partial charge in [-0.25, -0.2) is 17.6 Å². The van der Waals surface area contributed by atoms with Crippen molar-refractivity contribution in [2.24, 2.45) is 5.92 Å². The molecule has 2 rings (SSSR count). The van der Waals surface area contributed by atoms with E-state index in [1.165, 1.54) is 36.4 Å². The molecule has 0 heterocycles. The van der Waals surface area contributed by atoms with Crippen molar-refractivity contribution in [3.8, 4) is 0 Å². The number of benzene rings is 2. The number of halogens is 3. The third-order valence-corrected chi connectivity index (χ3v) is 7.71. The average molecular weight is 547 g/mol. The van der Waals surface area contributed by atoms with Crippen LogP contribution in [0.1, 0.15) is 46.5 Å². The number of nitrogens with zero attached hydrogens (tertiary/aromatic N) is 1. The number of amides is 1. The summed E-state index contributed by atoms with van der Waals surface area (Å²) in [4.78, 5) is 23.6. The summed E-state index contributed by atoms with van der Waals surface area (Å²) < 4.78 is 42.7. The van der Waals surface area contributed by atoms with E-state index in [1.54, 1.807) is 6.92 Å². The van der Waals surface area contributed by atoms with Gasteiger partial charge < -0.3 is 10.4 Å². The number of hydrogen-bond donors (Lipinski definition) is 2. The van der Waals surface area contributed by atoms with Crippen molar-refractivity contribution in [2.45, 2.75) is 63.4 Å². The summed E-state index contributed by atoms with van der Waals surface area (Å²) in [6.45, 7) is 5.31. The van der Waals surface area contributed by atoms with Crippen molar-refractivity contribution in [1.82, 2.24) is 5.32 Å². The second-order valence-corrected chi connectivity index (χ2v) is 11.4. The van der Waals surface area contributed by atoms with Gasteiger partial charge in [0.25, 0.3) is 10.0 Å². The summed E-state index contributed by atoms with van der Waals surface area (Å²) in [5.74, 6) is -2.26. The van der Waals surface area contributed by atoms with Crippen molar-refractivity contribution in [3.63, 3.8) is 0 Å². The molecule has 1 amide bonds. The van der Waals surface area contributed by atoms with E-state index >= 15 is 0 Å². The number of carboxylic acids is 1. The zero-order valence-electron chi connectivity index (χ0n) is 19.7. The summed E-state index contributed by atoms with van der Waals surface area (Å²) in [5, 5.41) is 12.3. The Labute approximate surface area is 215 Å². The van der Waals surface area contributed by atoms with Crippen LogP contribution in [0, 0.1) is 11.7 Å². The van der Waals surface area contributed by atoms with Crippen molar-refractivity contribution in [3.05, 3.63) is 58.3 Å². The molecule has 0 aromatic heterocycles. The van der Waals surface area contributed by atoms with Gasteiger partial charge in [-0.15, -0.1) is 0 Å². The van der Waals surface area contributed by atoms with Crippen LogP contribution in [-0.4, -0.2) is 37.5 Å². The minimum absolute atomic E-state index is 0.0148. The Balaban J connectivity index is 2.23. The maximum Gasteiger partial charge on any atom is 0.326 e. The highest BCUT2D eigenvalue weighted by molar-refractivity contribution is 7.92. The fourth-order valence-electron chi connectivity index (χ4n) is 3.61.